The van der Waals surface area contributed by atoms with E-state index in [0.717, 1.165) is 12.8 Å². The maximum absolute atomic E-state index is 12.8. The Bertz CT molecular complexity index is 466. The zero-order valence-electron chi connectivity index (χ0n) is 12.3. The topological polar surface area (TPSA) is 34.1 Å². The molecule has 0 atom stereocenters. The molecule has 114 valence electrons. The number of sulfone groups is 1. The summed E-state index contributed by atoms with van der Waals surface area (Å²) in [5, 5.41) is 0. The van der Waals surface area contributed by atoms with E-state index in [1.807, 2.05) is 0 Å². The molecule has 0 aliphatic carbocycles. The summed E-state index contributed by atoms with van der Waals surface area (Å²) in [6.45, 7) is 2.19. The van der Waals surface area contributed by atoms with E-state index in [0.29, 0.717) is 6.42 Å². The molecular weight excluding hydrogens is 275 g/mol. The van der Waals surface area contributed by atoms with E-state index >= 15 is 0 Å². The Morgan fingerprint density at radius 3 is 1.90 bits per heavy atom. The minimum atomic E-state index is -3.25. The van der Waals surface area contributed by atoms with Crippen molar-refractivity contribution in [2.75, 3.05) is 5.75 Å². The molecule has 0 bridgehead atoms. The standard InChI is InChI=1S/C16H25FO2S/c1-2-3-4-5-6-7-8-9-14-20(18,19)16-12-10-15(17)11-13-16/h10-13H,2-9,14H2,1H3. The number of unbranched alkanes of at least 4 members (excludes halogenated alkanes) is 7. The summed E-state index contributed by atoms with van der Waals surface area (Å²) in [4.78, 5) is 0.224. The highest BCUT2D eigenvalue weighted by Gasteiger charge is 2.13. The fourth-order valence-corrected chi connectivity index (χ4v) is 3.56. The largest absolute Gasteiger partial charge is 0.224 e. The lowest BCUT2D eigenvalue weighted by Gasteiger charge is -2.05. The highest BCUT2D eigenvalue weighted by Crippen LogP contribution is 2.15. The van der Waals surface area contributed by atoms with Gasteiger partial charge in [0.2, 0.25) is 0 Å². The van der Waals surface area contributed by atoms with Crippen molar-refractivity contribution in [3.8, 4) is 0 Å². The minimum Gasteiger partial charge on any atom is -0.224 e. The van der Waals surface area contributed by atoms with E-state index in [4.69, 9.17) is 0 Å². The summed E-state index contributed by atoms with van der Waals surface area (Å²) < 4.78 is 36.7. The van der Waals surface area contributed by atoms with Gasteiger partial charge in [0, 0.05) is 0 Å². The van der Waals surface area contributed by atoms with Crippen molar-refractivity contribution in [3.05, 3.63) is 30.1 Å². The lowest BCUT2D eigenvalue weighted by Crippen LogP contribution is -2.06. The molecule has 0 spiro atoms. The van der Waals surface area contributed by atoms with Crippen molar-refractivity contribution in [2.45, 2.75) is 63.2 Å². The van der Waals surface area contributed by atoms with Gasteiger partial charge in [-0.2, -0.15) is 0 Å². The molecule has 1 aromatic rings. The van der Waals surface area contributed by atoms with Crippen LogP contribution in [0.5, 0.6) is 0 Å². The molecule has 20 heavy (non-hydrogen) atoms. The normalized spacial score (nSPS) is 11.7. The van der Waals surface area contributed by atoms with Crippen LogP contribution in [0, 0.1) is 5.82 Å². The Kier molecular flexibility index (Phi) is 7.82. The van der Waals surface area contributed by atoms with Gasteiger partial charge in [-0.1, -0.05) is 51.9 Å². The van der Waals surface area contributed by atoms with Crippen LogP contribution in [-0.4, -0.2) is 14.2 Å². The molecule has 0 unspecified atom stereocenters. The Labute approximate surface area is 122 Å². The van der Waals surface area contributed by atoms with Crippen molar-refractivity contribution < 1.29 is 12.8 Å². The van der Waals surface area contributed by atoms with Crippen molar-refractivity contribution in [2.24, 2.45) is 0 Å². The smallest absolute Gasteiger partial charge is 0.178 e. The van der Waals surface area contributed by atoms with Gasteiger partial charge in [0.1, 0.15) is 5.82 Å². The molecule has 0 amide bonds. The molecule has 0 aliphatic heterocycles. The van der Waals surface area contributed by atoms with Gasteiger partial charge in [-0.25, -0.2) is 12.8 Å². The van der Waals surface area contributed by atoms with Crippen LogP contribution >= 0.6 is 0 Å². The number of hydrogen-bond acceptors (Lipinski definition) is 2. The molecule has 1 rings (SSSR count). The summed E-state index contributed by atoms with van der Waals surface area (Å²) >= 11 is 0. The van der Waals surface area contributed by atoms with Gasteiger partial charge in [-0.3, -0.25) is 0 Å². The molecule has 0 N–H and O–H groups in total. The number of halogens is 1. The van der Waals surface area contributed by atoms with E-state index in [9.17, 15) is 12.8 Å². The van der Waals surface area contributed by atoms with E-state index in [-0.39, 0.29) is 10.6 Å². The zero-order valence-corrected chi connectivity index (χ0v) is 13.1. The lowest BCUT2D eigenvalue weighted by molar-refractivity contribution is 0.572. The minimum absolute atomic E-state index is 0.160. The predicted octanol–water partition coefficient (Wildman–Crippen LogP) is 4.74. The van der Waals surface area contributed by atoms with Crippen LogP contribution in [0.4, 0.5) is 4.39 Å². The second-order valence-electron chi connectivity index (χ2n) is 5.25. The van der Waals surface area contributed by atoms with Gasteiger partial charge in [-0.15, -0.1) is 0 Å². The first-order chi connectivity index (χ1) is 9.56. The fourth-order valence-electron chi connectivity index (χ4n) is 2.19. The molecule has 0 saturated heterocycles. The van der Waals surface area contributed by atoms with Crippen LogP contribution in [0.25, 0.3) is 0 Å². The molecule has 4 heteroatoms. The average molecular weight is 300 g/mol. The van der Waals surface area contributed by atoms with E-state index < -0.39 is 15.7 Å². The van der Waals surface area contributed by atoms with Crippen LogP contribution < -0.4 is 0 Å². The average Bonchev–Trinajstić information content (AvgIpc) is 2.42. The first-order valence-corrected chi connectivity index (χ1v) is 9.20. The monoisotopic (exact) mass is 300 g/mol. The zero-order chi connectivity index (χ0) is 14.8. The second-order valence-corrected chi connectivity index (χ2v) is 7.36. The summed E-state index contributed by atoms with van der Waals surface area (Å²) in [6.07, 6.45) is 9.00. The van der Waals surface area contributed by atoms with Crippen molar-refractivity contribution >= 4 is 9.84 Å². The molecule has 2 nitrogen and oxygen atoms in total. The SMILES string of the molecule is CCCCCCCCCCS(=O)(=O)c1ccc(F)cc1. The molecular formula is C16H25FO2S. The second kappa shape index (κ2) is 9.11. The van der Waals surface area contributed by atoms with Crippen LogP contribution in [-0.2, 0) is 9.84 Å². The van der Waals surface area contributed by atoms with E-state index in [1.54, 1.807) is 0 Å². The van der Waals surface area contributed by atoms with Crippen LogP contribution in [0.2, 0.25) is 0 Å². The number of hydrogen-bond donors (Lipinski definition) is 0. The van der Waals surface area contributed by atoms with Crippen LogP contribution in [0.15, 0.2) is 29.2 Å². The van der Waals surface area contributed by atoms with Gasteiger partial charge in [-0.05, 0) is 30.7 Å². The number of rotatable bonds is 10. The van der Waals surface area contributed by atoms with E-state index in [2.05, 4.69) is 6.92 Å². The Morgan fingerprint density at radius 2 is 1.35 bits per heavy atom. The van der Waals surface area contributed by atoms with Crippen LogP contribution in [0.1, 0.15) is 58.3 Å². The molecule has 0 aliphatic rings. The van der Waals surface area contributed by atoms with Crippen molar-refractivity contribution in [1.29, 1.82) is 0 Å². The summed E-state index contributed by atoms with van der Waals surface area (Å²) in [7, 11) is -3.25. The lowest BCUT2D eigenvalue weighted by atomic mass is 10.1. The maximum atomic E-state index is 12.8. The molecule has 0 saturated carbocycles. The van der Waals surface area contributed by atoms with Gasteiger partial charge < -0.3 is 0 Å². The highest BCUT2D eigenvalue weighted by atomic mass is 32.2. The summed E-state index contributed by atoms with van der Waals surface area (Å²) in [5.41, 5.74) is 0. The first kappa shape index (κ1) is 17.2. The third kappa shape index (κ3) is 6.51. The number of benzene rings is 1. The predicted molar refractivity (Wildman–Crippen MR) is 81.1 cm³/mol. The van der Waals surface area contributed by atoms with Gasteiger partial charge in [0.15, 0.2) is 9.84 Å². The third-order valence-corrected chi connectivity index (χ3v) is 5.26. The quantitative estimate of drug-likeness (QED) is 0.462. The molecule has 0 aromatic heterocycles. The van der Waals surface area contributed by atoms with Crippen LogP contribution in [0.3, 0.4) is 0 Å². The Balaban J connectivity index is 2.22. The third-order valence-electron chi connectivity index (χ3n) is 3.44. The molecule has 0 heterocycles. The molecule has 0 fully saturated rings. The highest BCUT2D eigenvalue weighted by molar-refractivity contribution is 7.91. The van der Waals surface area contributed by atoms with Crippen molar-refractivity contribution in [1.82, 2.24) is 0 Å². The first-order valence-electron chi connectivity index (χ1n) is 7.54. The summed E-state index contributed by atoms with van der Waals surface area (Å²) in [5.74, 6) is -0.246. The Hall–Kier alpha value is -0.900. The summed E-state index contributed by atoms with van der Waals surface area (Å²) in [6, 6.07) is 5.08. The van der Waals surface area contributed by atoms with E-state index in [1.165, 1.54) is 56.4 Å². The molecule has 1 aromatic carbocycles. The molecule has 0 radical (unpaired) electrons. The van der Waals surface area contributed by atoms with Gasteiger partial charge in [0.05, 0.1) is 10.6 Å². The maximum Gasteiger partial charge on any atom is 0.178 e. The van der Waals surface area contributed by atoms with Gasteiger partial charge >= 0.3 is 0 Å². The Morgan fingerprint density at radius 1 is 0.850 bits per heavy atom. The van der Waals surface area contributed by atoms with Crippen molar-refractivity contribution in [3.63, 3.8) is 0 Å². The van der Waals surface area contributed by atoms with Gasteiger partial charge in [0.25, 0.3) is 0 Å². The fraction of sp³-hybridized carbons (Fsp3) is 0.625.